The molecule has 5 heteroatoms. The number of hydrogen-bond acceptors (Lipinski definition) is 3. The van der Waals surface area contributed by atoms with Crippen molar-refractivity contribution in [3.63, 3.8) is 0 Å². The van der Waals surface area contributed by atoms with Crippen molar-refractivity contribution in [3.05, 3.63) is 48.3 Å². The first-order valence-corrected chi connectivity index (χ1v) is 7.34. The fourth-order valence-electron chi connectivity index (χ4n) is 2.82. The molecule has 0 fully saturated rings. The molecule has 1 aliphatic heterocycles. The maximum Gasteiger partial charge on any atom is 0.227 e. The van der Waals surface area contributed by atoms with Gasteiger partial charge in [0.1, 0.15) is 0 Å². The summed E-state index contributed by atoms with van der Waals surface area (Å²) in [7, 11) is 0. The highest BCUT2D eigenvalue weighted by Gasteiger charge is 2.26. The van der Waals surface area contributed by atoms with E-state index in [1.165, 1.54) is 0 Å². The van der Waals surface area contributed by atoms with Gasteiger partial charge in [-0.15, -0.1) is 0 Å². The Morgan fingerprint density at radius 3 is 3.14 bits per heavy atom. The first kappa shape index (κ1) is 13.7. The molecule has 5 nitrogen and oxygen atoms in total. The number of rotatable bonds is 4. The van der Waals surface area contributed by atoms with Crippen LogP contribution in [0.25, 0.3) is 0 Å². The van der Waals surface area contributed by atoms with Gasteiger partial charge in [0, 0.05) is 30.7 Å². The molecule has 1 aliphatic rings. The Bertz CT molecular complexity index is 608. The Morgan fingerprint density at radius 2 is 2.33 bits per heavy atom. The van der Waals surface area contributed by atoms with Crippen LogP contribution < -0.4 is 10.6 Å². The van der Waals surface area contributed by atoms with Crippen molar-refractivity contribution in [1.29, 1.82) is 0 Å². The molecule has 0 aliphatic carbocycles. The first-order valence-electron chi connectivity index (χ1n) is 7.34. The number of para-hydroxylation sites is 1. The van der Waals surface area contributed by atoms with Gasteiger partial charge in [-0.05, 0) is 31.0 Å². The Balaban J connectivity index is 1.66. The van der Waals surface area contributed by atoms with Crippen molar-refractivity contribution < 1.29 is 4.79 Å². The highest BCUT2D eigenvalue weighted by atomic mass is 16.2. The molecule has 0 radical (unpaired) electrons. The van der Waals surface area contributed by atoms with E-state index in [-0.39, 0.29) is 17.9 Å². The molecular weight excluding hydrogens is 264 g/mol. The predicted molar refractivity (Wildman–Crippen MR) is 82.1 cm³/mol. The molecule has 2 N–H and O–H groups in total. The van der Waals surface area contributed by atoms with E-state index in [4.69, 9.17) is 0 Å². The zero-order valence-electron chi connectivity index (χ0n) is 12.1. The van der Waals surface area contributed by atoms with Crippen LogP contribution in [0.3, 0.4) is 0 Å². The Morgan fingerprint density at radius 1 is 1.48 bits per heavy atom. The summed E-state index contributed by atoms with van der Waals surface area (Å²) in [6, 6.07) is 9.98. The quantitative estimate of drug-likeness (QED) is 0.902. The maximum atomic E-state index is 12.5. The number of aromatic nitrogens is 2. The number of nitrogens with zero attached hydrogens (tertiary/aromatic N) is 2. The predicted octanol–water partition coefficient (Wildman–Crippen LogP) is 1.99. The largest absolute Gasteiger partial charge is 0.385 e. The number of anilines is 1. The van der Waals surface area contributed by atoms with E-state index in [1.54, 1.807) is 6.20 Å². The van der Waals surface area contributed by atoms with E-state index in [2.05, 4.69) is 15.7 Å². The lowest BCUT2D eigenvalue weighted by Crippen LogP contribution is -2.40. The van der Waals surface area contributed by atoms with Crippen LogP contribution in [0, 0.1) is 0 Å². The molecule has 0 saturated carbocycles. The fourth-order valence-corrected chi connectivity index (χ4v) is 2.82. The molecule has 0 bridgehead atoms. The number of benzene rings is 1. The van der Waals surface area contributed by atoms with Crippen molar-refractivity contribution in [1.82, 2.24) is 15.1 Å². The van der Waals surface area contributed by atoms with Crippen LogP contribution in [0.4, 0.5) is 5.69 Å². The smallest absolute Gasteiger partial charge is 0.227 e. The third-order valence-corrected chi connectivity index (χ3v) is 3.81. The van der Waals surface area contributed by atoms with E-state index in [9.17, 15) is 4.79 Å². The zero-order valence-corrected chi connectivity index (χ0v) is 12.1. The minimum absolute atomic E-state index is 0.0550. The van der Waals surface area contributed by atoms with Gasteiger partial charge in [-0.3, -0.25) is 9.48 Å². The summed E-state index contributed by atoms with van der Waals surface area (Å²) in [5.74, 6) is 0.0335. The van der Waals surface area contributed by atoms with E-state index >= 15 is 0 Å². The second-order valence-corrected chi connectivity index (χ2v) is 5.49. The second-order valence-electron chi connectivity index (χ2n) is 5.49. The molecule has 110 valence electrons. The molecule has 1 aromatic heterocycles. The van der Waals surface area contributed by atoms with Crippen LogP contribution in [0.5, 0.6) is 0 Å². The summed E-state index contributed by atoms with van der Waals surface area (Å²) in [5, 5.41) is 10.6. The molecule has 2 unspecified atom stereocenters. The Hall–Kier alpha value is -2.30. The number of nitrogens with one attached hydrogen (secondary N) is 2. The zero-order chi connectivity index (χ0) is 14.7. The van der Waals surface area contributed by atoms with E-state index in [0.717, 1.165) is 24.2 Å². The summed E-state index contributed by atoms with van der Waals surface area (Å²) < 4.78 is 1.83. The molecular formula is C16H20N4O. The topological polar surface area (TPSA) is 59.0 Å². The van der Waals surface area contributed by atoms with Crippen LogP contribution in [-0.4, -0.2) is 28.3 Å². The van der Waals surface area contributed by atoms with Gasteiger partial charge in [0.15, 0.2) is 0 Å². The van der Waals surface area contributed by atoms with Crippen molar-refractivity contribution in [2.24, 2.45) is 0 Å². The maximum absolute atomic E-state index is 12.5. The van der Waals surface area contributed by atoms with Crippen LogP contribution in [0.1, 0.15) is 24.8 Å². The van der Waals surface area contributed by atoms with Crippen LogP contribution in [-0.2, 0) is 11.3 Å². The molecule has 2 heterocycles. The van der Waals surface area contributed by atoms with E-state index in [0.29, 0.717) is 6.54 Å². The number of fused-ring (bicyclic) bond motifs is 1. The highest BCUT2D eigenvalue weighted by molar-refractivity contribution is 5.86. The molecule has 0 spiro atoms. The van der Waals surface area contributed by atoms with Gasteiger partial charge in [0.2, 0.25) is 5.91 Å². The number of hydrogen-bond donors (Lipinski definition) is 2. The normalized spacial score (nSPS) is 18.4. The Labute approximate surface area is 124 Å². The minimum Gasteiger partial charge on any atom is -0.385 e. The van der Waals surface area contributed by atoms with Crippen LogP contribution >= 0.6 is 0 Å². The molecule has 1 aromatic carbocycles. The third kappa shape index (κ3) is 3.07. The van der Waals surface area contributed by atoms with E-state index < -0.39 is 0 Å². The Kier molecular flexibility index (Phi) is 3.90. The molecule has 21 heavy (non-hydrogen) atoms. The first-order chi connectivity index (χ1) is 10.2. The van der Waals surface area contributed by atoms with E-state index in [1.807, 2.05) is 48.1 Å². The van der Waals surface area contributed by atoms with Gasteiger partial charge < -0.3 is 10.6 Å². The van der Waals surface area contributed by atoms with Gasteiger partial charge in [-0.1, -0.05) is 18.2 Å². The highest BCUT2D eigenvalue weighted by Crippen LogP contribution is 2.31. The molecule has 0 saturated heterocycles. The lowest BCUT2D eigenvalue weighted by Gasteiger charge is -2.27. The number of amides is 1. The molecule has 1 amide bonds. The SMILES string of the molecule is CC(Cn1cccn1)NC(=O)C1CCNc2ccccc21. The molecule has 2 atom stereocenters. The molecule has 3 rings (SSSR count). The lowest BCUT2D eigenvalue weighted by molar-refractivity contribution is -0.123. The lowest BCUT2D eigenvalue weighted by atomic mass is 9.90. The monoisotopic (exact) mass is 284 g/mol. The van der Waals surface area contributed by atoms with Gasteiger partial charge in [-0.2, -0.15) is 5.10 Å². The summed E-state index contributed by atoms with van der Waals surface area (Å²) in [4.78, 5) is 12.5. The van der Waals surface area contributed by atoms with Gasteiger partial charge in [0.05, 0.1) is 12.5 Å². The standard InChI is InChI=1S/C16H20N4O/c1-12(11-20-10-4-8-18-20)19-16(21)14-7-9-17-15-6-3-2-5-13(14)15/h2-6,8,10,12,14,17H,7,9,11H2,1H3,(H,19,21). The van der Waals surface area contributed by atoms with Gasteiger partial charge in [-0.25, -0.2) is 0 Å². The summed E-state index contributed by atoms with van der Waals surface area (Å²) in [5.41, 5.74) is 2.16. The number of carbonyl (C=O) groups is 1. The number of carbonyl (C=O) groups excluding carboxylic acids is 1. The third-order valence-electron chi connectivity index (χ3n) is 3.81. The van der Waals surface area contributed by atoms with Crippen molar-refractivity contribution in [3.8, 4) is 0 Å². The summed E-state index contributed by atoms with van der Waals surface area (Å²) in [6.07, 6.45) is 4.48. The second kappa shape index (κ2) is 5.99. The fraction of sp³-hybridized carbons (Fsp3) is 0.375. The van der Waals surface area contributed by atoms with Crippen LogP contribution in [0.2, 0.25) is 0 Å². The van der Waals surface area contributed by atoms with Crippen molar-refractivity contribution >= 4 is 11.6 Å². The van der Waals surface area contributed by atoms with Crippen molar-refractivity contribution in [2.45, 2.75) is 31.8 Å². The average molecular weight is 284 g/mol. The average Bonchev–Trinajstić information content (AvgIpc) is 2.99. The summed E-state index contributed by atoms with van der Waals surface area (Å²) in [6.45, 7) is 3.53. The summed E-state index contributed by atoms with van der Waals surface area (Å²) >= 11 is 0. The van der Waals surface area contributed by atoms with Gasteiger partial charge >= 0.3 is 0 Å². The molecule has 2 aromatic rings. The van der Waals surface area contributed by atoms with Gasteiger partial charge in [0.25, 0.3) is 0 Å². The minimum atomic E-state index is -0.0671. The van der Waals surface area contributed by atoms with Crippen LogP contribution in [0.15, 0.2) is 42.7 Å². The van der Waals surface area contributed by atoms with Crippen molar-refractivity contribution in [2.75, 3.05) is 11.9 Å².